The second kappa shape index (κ2) is 7.89. The Labute approximate surface area is 127 Å². The molecule has 0 fully saturated rings. The lowest BCUT2D eigenvalue weighted by molar-refractivity contribution is -0.121. The molecule has 0 heterocycles. The van der Waals surface area contributed by atoms with Gasteiger partial charge in [-0.3, -0.25) is 9.59 Å². The van der Waals surface area contributed by atoms with Crippen LogP contribution in [0.3, 0.4) is 0 Å². The van der Waals surface area contributed by atoms with Crippen LogP contribution in [0.1, 0.15) is 30.6 Å². The van der Waals surface area contributed by atoms with Crippen LogP contribution < -0.4 is 15.4 Å². The number of nitrogens with one attached hydrogen (secondary N) is 2. The van der Waals surface area contributed by atoms with Gasteiger partial charge in [0.05, 0.1) is 12.7 Å². The van der Waals surface area contributed by atoms with Crippen molar-refractivity contribution in [2.24, 2.45) is 0 Å². The molecule has 0 saturated carbocycles. The van der Waals surface area contributed by atoms with Crippen molar-refractivity contribution in [2.75, 3.05) is 13.7 Å². The van der Waals surface area contributed by atoms with Crippen LogP contribution in [0.4, 0.5) is 0 Å². The molecule has 0 aliphatic carbocycles. The highest BCUT2D eigenvalue weighted by Gasteiger charge is 2.11. The molecular formula is C14H19BrN2O3. The summed E-state index contributed by atoms with van der Waals surface area (Å²) >= 11 is 3.32. The summed E-state index contributed by atoms with van der Waals surface area (Å²) < 4.78 is 5.76. The standard InChI is InChI=1S/C14H19BrN2O3/c1-9(2)17-13(18)6-7-16-14(19)11-8-10(20-3)4-5-12(11)15/h4-5,8-9H,6-7H2,1-3H3,(H,16,19)(H,17,18). The molecule has 1 aromatic rings. The second-order valence-electron chi connectivity index (χ2n) is 4.57. The second-order valence-corrected chi connectivity index (χ2v) is 5.43. The molecule has 0 aliphatic heterocycles. The molecule has 6 heteroatoms. The van der Waals surface area contributed by atoms with Crippen LogP contribution in [-0.2, 0) is 4.79 Å². The van der Waals surface area contributed by atoms with Crippen molar-refractivity contribution < 1.29 is 14.3 Å². The van der Waals surface area contributed by atoms with Gasteiger partial charge in [-0.25, -0.2) is 0 Å². The van der Waals surface area contributed by atoms with Gasteiger partial charge in [-0.15, -0.1) is 0 Å². The zero-order valence-corrected chi connectivity index (χ0v) is 13.4. The van der Waals surface area contributed by atoms with E-state index in [4.69, 9.17) is 4.74 Å². The first-order valence-electron chi connectivity index (χ1n) is 6.35. The minimum absolute atomic E-state index is 0.0787. The third-order valence-electron chi connectivity index (χ3n) is 2.51. The average Bonchev–Trinajstić information content (AvgIpc) is 2.38. The van der Waals surface area contributed by atoms with Crippen LogP contribution in [0.2, 0.25) is 0 Å². The Balaban J connectivity index is 2.53. The molecule has 20 heavy (non-hydrogen) atoms. The Bertz CT molecular complexity index is 489. The Kier molecular flexibility index (Phi) is 6.51. The smallest absolute Gasteiger partial charge is 0.252 e. The number of rotatable bonds is 6. The van der Waals surface area contributed by atoms with E-state index in [-0.39, 0.29) is 24.3 Å². The van der Waals surface area contributed by atoms with Gasteiger partial charge >= 0.3 is 0 Å². The van der Waals surface area contributed by atoms with Crippen molar-refractivity contribution in [3.8, 4) is 5.75 Å². The molecule has 0 saturated heterocycles. The van der Waals surface area contributed by atoms with E-state index in [1.807, 2.05) is 13.8 Å². The first-order valence-corrected chi connectivity index (χ1v) is 7.14. The summed E-state index contributed by atoms with van der Waals surface area (Å²) in [4.78, 5) is 23.5. The molecule has 110 valence electrons. The maximum Gasteiger partial charge on any atom is 0.252 e. The normalized spacial score (nSPS) is 10.2. The number of benzene rings is 1. The molecule has 0 aliphatic rings. The summed E-state index contributed by atoms with van der Waals surface area (Å²) in [5.74, 6) is 0.286. The summed E-state index contributed by atoms with van der Waals surface area (Å²) in [5, 5.41) is 5.48. The highest BCUT2D eigenvalue weighted by atomic mass is 79.9. The number of ether oxygens (including phenoxy) is 1. The molecule has 0 spiro atoms. The predicted molar refractivity (Wildman–Crippen MR) is 80.9 cm³/mol. The van der Waals surface area contributed by atoms with E-state index in [1.54, 1.807) is 25.3 Å². The summed E-state index contributed by atoms with van der Waals surface area (Å²) in [6.45, 7) is 4.08. The first-order chi connectivity index (χ1) is 9.43. The van der Waals surface area contributed by atoms with Crippen LogP contribution >= 0.6 is 15.9 Å². The molecule has 0 atom stereocenters. The Morgan fingerprint density at radius 2 is 2.05 bits per heavy atom. The van der Waals surface area contributed by atoms with Crippen LogP contribution in [0, 0.1) is 0 Å². The zero-order valence-electron chi connectivity index (χ0n) is 11.8. The van der Waals surface area contributed by atoms with E-state index in [2.05, 4.69) is 26.6 Å². The fraction of sp³-hybridized carbons (Fsp3) is 0.429. The van der Waals surface area contributed by atoms with Gasteiger partial charge in [0, 0.05) is 23.5 Å². The monoisotopic (exact) mass is 342 g/mol. The Morgan fingerprint density at radius 3 is 2.65 bits per heavy atom. The number of carbonyl (C=O) groups excluding carboxylic acids is 2. The minimum atomic E-state index is -0.242. The fourth-order valence-corrected chi connectivity index (χ4v) is 2.01. The molecule has 2 amide bonds. The van der Waals surface area contributed by atoms with E-state index >= 15 is 0 Å². The van der Waals surface area contributed by atoms with Crippen LogP contribution in [0.15, 0.2) is 22.7 Å². The number of methoxy groups -OCH3 is 1. The maximum absolute atomic E-state index is 12.0. The van der Waals surface area contributed by atoms with Crippen LogP contribution in [0.25, 0.3) is 0 Å². The summed E-state index contributed by atoms with van der Waals surface area (Å²) in [6, 6.07) is 5.26. The molecule has 0 aromatic heterocycles. The zero-order chi connectivity index (χ0) is 15.1. The van der Waals surface area contributed by atoms with Crippen molar-refractivity contribution in [3.05, 3.63) is 28.2 Å². The summed E-state index contributed by atoms with van der Waals surface area (Å²) in [7, 11) is 1.54. The highest BCUT2D eigenvalue weighted by molar-refractivity contribution is 9.10. The number of hydrogen-bond donors (Lipinski definition) is 2. The van der Waals surface area contributed by atoms with Gasteiger partial charge < -0.3 is 15.4 Å². The predicted octanol–water partition coefficient (Wildman–Crippen LogP) is 2.10. The van der Waals surface area contributed by atoms with Crippen LogP contribution in [-0.4, -0.2) is 31.5 Å². The van der Waals surface area contributed by atoms with Crippen molar-refractivity contribution in [3.63, 3.8) is 0 Å². The number of carbonyl (C=O) groups is 2. The Hall–Kier alpha value is -1.56. The third kappa shape index (κ3) is 5.21. The number of amides is 2. The third-order valence-corrected chi connectivity index (χ3v) is 3.20. The molecule has 2 N–H and O–H groups in total. The lowest BCUT2D eigenvalue weighted by Gasteiger charge is -2.10. The van der Waals surface area contributed by atoms with Gasteiger partial charge in [0.2, 0.25) is 5.91 Å². The molecule has 1 aromatic carbocycles. The van der Waals surface area contributed by atoms with E-state index in [9.17, 15) is 9.59 Å². The largest absolute Gasteiger partial charge is 0.497 e. The van der Waals surface area contributed by atoms with Crippen molar-refractivity contribution in [1.82, 2.24) is 10.6 Å². The minimum Gasteiger partial charge on any atom is -0.497 e. The molecule has 0 bridgehead atoms. The van der Waals surface area contributed by atoms with Crippen molar-refractivity contribution in [1.29, 1.82) is 0 Å². The van der Waals surface area contributed by atoms with E-state index in [1.165, 1.54) is 0 Å². The molecule has 0 unspecified atom stereocenters. The lowest BCUT2D eigenvalue weighted by atomic mass is 10.2. The van der Waals surface area contributed by atoms with Gasteiger partial charge in [0.1, 0.15) is 5.75 Å². The Morgan fingerprint density at radius 1 is 1.35 bits per heavy atom. The topological polar surface area (TPSA) is 67.4 Å². The van der Waals surface area contributed by atoms with Gasteiger partial charge in [-0.05, 0) is 48.0 Å². The molecule has 1 rings (SSSR count). The molecule has 0 radical (unpaired) electrons. The van der Waals surface area contributed by atoms with Gasteiger partial charge in [0.15, 0.2) is 0 Å². The quantitative estimate of drug-likeness (QED) is 0.831. The van der Waals surface area contributed by atoms with E-state index in [0.29, 0.717) is 22.3 Å². The number of halogens is 1. The van der Waals surface area contributed by atoms with Crippen molar-refractivity contribution >= 4 is 27.7 Å². The summed E-state index contributed by atoms with van der Waals surface area (Å²) in [6.07, 6.45) is 0.255. The van der Waals surface area contributed by atoms with Crippen LogP contribution in [0.5, 0.6) is 5.75 Å². The fourth-order valence-electron chi connectivity index (χ4n) is 1.58. The SMILES string of the molecule is COc1ccc(Br)c(C(=O)NCCC(=O)NC(C)C)c1. The van der Waals surface area contributed by atoms with Gasteiger partial charge in [-0.1, -0.05) is 0 Å². The van der Waals surface area contributed by atoms with Crippen molar-refractivity contribution in [2.45, 2.75) is 26.3 Å². The summed E-state index contributed by atoms with van der Waals surface area (Å²) in [5.41, 5.74) is 0.480. The van der Waals surface area contributed by atoms with Gasteiger partial charge in [-0.2, -0.15) is 0 Å². The lowest BCUT2D eigenvalue weighted by Crippen LogP contribution is -2.34. The molecule has 5 nitrogen and oxygen atoms in total. The van der Waals surface area contributed by atoms with Gasteiger partial charge in [0.25, 0.3) is 5.91 Å². The first kappa shape index (κ1) is 16.5. The van der Waals surface area contributed by atoms with E-state index < -0.39 is 0 Å². The molecular weight excluding hydrogens is 324 g/mol. The number of hydrogen-bond acceptors (Lipinski definition) is 3. The maximum atomic E-state index is 12.0. The average molecular weight is 343 g/mol. The highest BCUT2D eigenvalue weighted by Crippen LogP contribution is 2.22. The van der Waals surface area contributed by atoms with E-state index in [0.717, 1.165) is 0 Å².